The summed E-state index contributed by atoms with van der Waals surface area (Å²) in [5, 5.41) is 3.32. The molecule has 0 aromatic heterocycles. The molecule has 1 heterocycles. The summed E-state index contributed by atoms with van der Waals surface area (Å²) in [4.78, 5) is 15.1. The number of amides is 1. The summed E-state index contributed by atoms with van der Waals surface area (Å²) in [6.07, 6.45) is 4.31. The average molecular weight is 309 g/mol. The van der Waals surface area contributed by atoms with Crippen molar-refractivity contribution in [2.45, 2.75) is 44.1 Å². The van der Waals surface area contributed by atoms with Crippen molar-refractivity contribution in [1.29, 1.82) is 0 Å². The number of hydrogen-bond donors (Lipinski definition) is 1. The van der Waals surface area contributed by atoms with Crippen LogP contribution in [0.15, 0.2) is 24.3 Å². The topological polar surface area (TPSA) is 32.3 Å². The first kappa shape index (κ1) is 16.3. The van der Waals surface area contributed by atoms with E-state index in [2.05, 4.69) is 41.4 Å². The van der Waals surface area contributed by atoms with E-state index in [9.17, 15) is 4.79 Å². The number of likely N-dealkylation sites (tertiary alicyclic amines) is 1. The second-order valence-electron chi connectivity index (χ2n) is 6.28. The van der Waals surface area contributed by atoms with Crippen LogP contribution in [-0.2, 0) is 10.2 Å². The Bertz CT molecular complexity index is 513. The van der Waals surface area contributed by atoms with Gasteiger partial charge in [0.1, 0.15) is 0 Å². The van der Waals surface area contributed by atoms with E-state index in [1.165, 1.54) is 17.5 Å². The summed E-state index contributed by atoms with van der Waals surface area (Å²) >= 11 is 0. The van der Waals surface area contributed by atoms with E-state index in [0.29, 0.717) is 11.9 Å². The van der Waals surface area contributed by atoms with Gasteiger partial charge in [0.25, 0.3) is 0 Å². The molecule has 1 saturated carbocycles. The van der Waals surface area contributed by atoms with Crippen LogP contribution in [0.3, 0.4) is 0 Å². The van der Waals surface area contributed by atoms with Gasteiger partial charge in [-0.1, -0.05) is 24.3 Å². The maximum absolute atomic E-state index is 13.0. The van der Waals surface area contributed by atoms with Crippen molar-refractivity contribution in [1.82, 2.24) is 10.2 Å². The zero-order valence-electron chi connectivity index (χ0n) is 12.9. The molecule has 4 heteroatoms. The molecule has 3 nitrogen and oxygen atoms in total. The Hall–Kier alpha value is -1.06. The van der Waals surface area contributed by atoms with Crippen LogP contribution in [0.5, 0.6) is 0 Å². The van der Waals surface area contributed by atoms with Gasteiger partial charge < -0.3 is 10.2 Å². The Morgan fingerprint density at radius 2 is 2.05 bits per heavy atom. The summed E-state index contributed by atoms with van der Waals surface area (Å²) in [5.74, 6) is 0.353. The van der Waals surface area contributed by atoms with Gasteiger partial charge in [0.2, 0.25) is 5.91 Å². The summed E-state index contributed by atoms with van der Waals surface area (Å²) in [6, 6.07) is 8.83. The molecule has 0 radical (unpaired) electrons. The highest BCUT2D eigenvalue weighted by molar-refractivity contribution is 5.91. The number of aryl methyl sites for hydroxylation is 1. The zero-order valence-corrected chi connectivity index (χ0v) is 13.7. The Labute approximate surface area is 133 Å². The number of carbonyl (C=O) groups is 1. The van der Waals surface area contributed by atoms with Crippen molar-refractivity contribution in [3.05, 3.63) is 35.4 Å². The van der Waals surface area contributed by atoms with Crippen molar-refractivity contribution in [2.24, 2.45) is 0 Å². The molecule has 2 aliphatic rings. The first-order valence-electron chi connectivity index (χ1n) is 7.70. The van der Waals surface area contributed by atoms with Gasteiger partial charge in [-0.25, -0.2) is 0 Å². The number of hydrogen-bond acceptors (Lipinski definition) is 2. The number of likely N-dealkylation sites (N-methyl/N-ethyl adjacent to an activating group) is 1. The standard InChI is InChI=1S/C17H24N2O.ClH/c1-13-6-3-4-8-15(13)17(9-10-17)16(20)19-11-5-7-14(12-19)18-2;/h3-4,6,8,14,18H,5,7,9-12H2,1-2H3;1H. The molecule has 116 valence electrons. The SMILES string of the molecule is CNC1CCCN(C(=O)C2(c3ccccc3C)CC2)C1.Cl. The number of carbonyl (C=O) groups excluding carboxylic acids is 1. The van der Waals surface area contributed by atoms with E-state index in [1.54, 1.807) is 0 Å². The lowest BCUT2D eigenvalue weighted by Gasteiger charge is -2.35. The van der Waals surface area contributed by atoms with Crippen LogP contribution in [0.2, 0.25) is 0 Å². The van der Waals surface area contributed by atoms with Crippen LogP contribution in [0.4, 0.5) is 0 Å². The Kier molecular flexibility index (Phi) is 4.95. The molecular weight excluding hydrogens is 284 g/mol. The lowest BCUT2D eigenvalue weighted by molar-refractivity contribution is -0.135. The number of benzene rings is 1. The molecule has 1 atom stereocenters. The maximum Gasteiger partial charge on any atom is 0.233 e. The number of piperidine rings is 1. The Morgan fingerprint density at radius 3 is 2.67 bits per heavy atom. The van der Waals surface area contributed by atoms with Gasteiger partial charge in [0.05, 0.1) is 5.41 Å². The van der Waals surface area contributed by atoms with Crippen molar-refractivity contribution >= 4 is 18.3 Å². The summed E-state index contributed by atoms with van der Waals surface area (Å²) in [6.45, 7) is 3.91. The van der Waals surface area contributed by atoms with Crippen LogP contribution >= 0.6 is 12.4 Å². The predicted octanol–water partition coefficient (Wildman–Crippen LogP) is 2.66. The molecule has 1 amide bonds. The van der Waals surface area contributed by atoms with Crippen molar-refractivity contribution in [3.63, 3.8) is 0 Å². The zero-order chi connectivity index (χ0) is 14.2. The van der Waals surface area contributed by atoms with E-state index < -0.39 is 0 Å². The third-order valence-corrected chi connectivity index (χ3v) is 4.94. The lowest BCUT2D eigenvalue weighted by atomic mass is 9.89. The minimum Gasteiger partial charge on any atom is -0.340 e. The summed E-state index contributed by atoms with van der Waals surface area (Å²) in [5.41, 5.74) is 2.29. The highest BCUT2D eigenvalue weighted by Crippen LogP contribution is 2.50. The van der Waals surface area contributed by atoms with Gasteiger partial charge >= 0.3 is 0 Å². The number of halogens is 1. The highest BCUT2D eigenvalue weighted by Gasteiger charge is 2.53. The summed E-state index contributed by atoms with van der Waals surface area (Å²) < 4.78 is 0. The quantitative estimate of drug-likeness (QED) is 0.931. The first-order valence-corrected chi connectivity index (χ1v) is 7.70. The fourth-order valence-electron chi connectivity index (χ4n) is 3.53. The maximum atomic E-state index is 13.0. The van der Waals surface area contributed by atoms with E-state index in [4.69, 9.17) is 0 Å². The monoisotopic (exact) mass is 308 g/mol. The second kappa shape index (κ2) is 6.37. The van der Waals surface area contributed by atoms with Crippen LogP contribution in [-0.4, -0.2) is 37.0 Å². The molecule has 1 aliphatic heterocycles. The Balaban J connectivity index is 0.00000161. The smallest absolute Gasteiger partial charge is 0.233 e. The van der Waals surface area contributed by atoms with E-state index >= 15 is 0 Å². The van der Waals surface area contributed by atoms with Crippen LogP contribution < -0.4 is 5.32 Å². The number of nitrogens with one attached hydrogen (secondary N) is 1. The molecule has 0 bridgehead atoms. The van der Waals surface area contributed by atoms with E-state index in [0.717, 1.165) is 32.4 Å². The van der Waals surface area contributed by atoms with Gasteiger partial charge in [-0.3, -0.25) is 4.79 Å². The van der Waals surface area contributed by atoms with Gasteiger partial charge in [-0.15, -0.1) is 12.4 Å². The third-order valence-electron chi connectivity index (χ3n) is 4.94. The molecule has 1 N–H and O–H groups in total. The minimum atomic E-state index is -0.207. The molecule has 2 fully saturated rings. The molecule has 1 saturated heterocycles. The predicted molar refractivity (Wildman–Crippen MR) is 88.0 cm³/mol. The molecule has 3 rings (SSSR count). The average Bonchev–Trinajstić information content (AvgIpc) is 3.28. The van der Waals surface area contributed by atoms with Crippen molar-refractivity contribution in [3.8, 4) is 0 Å². The largest absolute Gasteiger partial charge is 0.340 e. The van der Waals surface area contributed by atoms with E-state index in [1.807, 2.05) is 7.05 Å². The van der Waals surface area contributed by atoms with Gasteiger partial charge in [0.15, 0.2) is 0 Å². The van der Waals surface area contributed by atoms with Crippen LogP contribution in [0, 0.1) is 6.92 Å². The fourth-order valence-corrected chi connectivity index (χ4v) is 3.53. The molecule has 1 aromatic rings. The fraction of sp³-hybridized carbons (Fsp3) is 0.588. The molecule has 21 heavy (non-hydrogen) atoms. The summed E-state index contributed by atoms with van der Waals surface area (Å²) in [7, 11) is 1.99. The molecular formula is C17H25ClN2O. The second-order valence-corrected chi connectivity index (χ2v) is 6.28. The molecule has 0 spiro atoms. The number of rotatable bonds is 3. The van der Waals surface area contributed by atoms with Gasteiger partial charge in [-0.05, 0) is 50.8 Å². The molecule has 1 aromatic carbocycles. The highest BCUT2D eigenvalue weighted by atomic mass is 35.5. The van der Waals surface area contributed by atoms with Gasteiger partial charge in [-0.2, -0.15) is 0 Å². The molecule has 1 aliphatic carbocycles. The molecule has 1 unspecified atom stereocenters. The lowest BCUT2D eigenvalue weighted by Crippen LogP contribution is -2.50. The van der Waals surface area contributed by atoms with Crippen molar-refractivity contribution in [2.75, 3.05) is 20.1 Å². The van der Waals surface area contributed by atoms with E-state index in [-0.39, 0.29) is 17.8 Å². The Morgan fingerprint density at radius 1 is 1.33 bits per heavy atom. The third kappa shape index (κ3) is 2.95. The minimum absolute atomic E-state index is 0. The van der Waals surface area contributed by atoms with Crippen LogP contribution in [0.1, 0.15) is 36.8 Å². The normalized spacial score (nSPS) is 23.3. The van der Waals surface area contributed by atoms with Crippen LogP contribution in [0.25, 0.3) is 0 Å². The first-order chi connectivity index (χ1) is 9.67. The number of nitrogens with zero attached hydrogens (tertiary/aromatic N) is 1. The van der Waals surface area contributed by atoms with Crippen molar-refractivity contribution < 1.29 is 4.79 Å². The van der Waals surface area contributed by atoms with Gasteiger partial charge in [0, 0.05) is 19.1 Å².